The van der Waals surface area contributed by atoms with E-state index in [9.17, 15) is 14.7 Å². The summed E-state index contributed by atoms with van der Waals surface area (Å²) in [6.07, 6.45) is -0.435. The maximum absolute atomic E-state index is 11.7. The fourth-order valence-corrected chi connectivity index (χ4v) is 1.51. The van der Waals surface area contributed by atoms with Crippen molar-refractivity contribution in [3.63, 3.8) is 0 Å². The zero-order chi connectivity index (χ0) is 16.5. The fourth-order valence-electron chi connectivity index (χ4n) is 1.51. The van der Waals surface area contributed by atoms with Crippen LogP contribution in [0.3, 0.4) is 0 Å². The summed E-state index contributed by atoms with van der Waals surface area (Å²) in [5, 5.41) is 24.2. The maximum Gasteiger partial charge on any atom is 0.249 e. The summed E-state index contributed by atoms with van der Waals surface area (Å²) < 4.78 is 0. The molecular formula is C14H29N3O4. The first kappa shape index (κ1) is 19.8. The van der Waals surface area contributed by atoms with Gasteiger partial charge < -0.3 is 25.7 Å². The smallest absolute Gasteiger partial charge is 0.249 e. The van der Waals surface area contributed by atoms with Gasteiger partial charge in [0.15, 0.2) is 0 Å². The van der Waals surface area contributed by atoms with Crippen molar-refractivity contribution in [3.8, 4) is 0 Å². The summed E-state index contributed by atoms with van der Waals surface area (Å²) in [5.74, 6) is -0.579. The highest BCUT2D eigenvalue weighted by Gasteiger charge is 2.32. The van der Waals surface area contributed by atoms with Gasteiger partial charge >= 0.3 is 0 Å². The third kappa shape index (κ3) is 8.64. The molecule has 0 saturated heterocycles. The Balaban J connectivity index is 3.80. The van der Waals surface area contributed by atoms with Crippen molar-refractivity contribution < 1.29 is 19.8 Å². The number of likely N-dealkylation sites (N-methyl/N-ethyl adjacent to an activating group) is 1. The van der Waals surface area contributed by atoms with Crippen LogP contribution in [0.1, 0.15) is 26.7 Å². The minimum Gasteiger partial charge on any atom is -0.396 e. The number of amides is 2. The Bertz CT molecular complexity index is 332. The van der Waals surface area contributed by atoms with Gasteiger partial charge in [0.2, 0.25) is 11.8 Å². The Morgan fingerprint density at radius 3 is 2.33 bits per heavy atom. The first-order valence-corrected chi connectivity index (χ1v) is 7.18. The molecule has 0 aliphatic rings. The number of rotatable bonds is 10. The Kier molecular flexibility index (Phi) is 9.16. The van der Waals surface area contributed by atoms with Crippen LogP contribution in [0.15, 0.2) is 0 Å². The molecule has 0 aromatic heterocycles. The lowest BCUT2D eigenvalue weighted by Gasteiger charge is -2.27. The van der Waals surface area contributed by atoms with Crippen LogP contribution < -0.4 is 10.6 Å². The molecule has 0 bridgehead atoms. The molecule has 0 spiro atoms. The lowest BCUT2D eigenvalue weighted by molar-refractivity contribution is -0.137. The molecule has 21 heavy (non-hydrogen) atoms. The molecule has 0 aliphatic heterocycles. The third-order valence-electron chi connectivity index (χ3n) is 3.16. The highest BCUT2D eigenvalue weighted by Crippen LogP contribution is 2.19. The second-order valence-electron chi connectivity index (χ2n) is 6.10. The van der Waals surface area contributed by atoms with Gasteiger partial charge in [-0.25, -0.2) is 0 Å². The van der Waals surface area contributed by atoms with Gasteiger partial charge in [-0.3, -0.25) is 9.59 Å². The van der Waals surface area contributed by atoms with Gasteiger partial charge in [0.05, 0.1) is 6.61 Å². The topological polar surface area (TPSA) is 102 Å². The fraction of sp³-hybridized carbons (Fsp3) is 0.857. The number of carbonyl (C=O) groups is 2. The van der Waals surface area contributed by atoms with Gasteiger partial charge in [0, 0.05) is 31.5 Å². The first-order valence-electron chi connectivity index (χ1n) is 7.18. The monoisotopic (exact) mass is 303 g/mol. The molecule has 4 N–H and O–H groups in total. The Morgan fingerprint density at radius 1 is 1.19 bits per heavy atom. The van der Waals surface area contributed by atoms with E-state index >= 15 is 0 Å². The van der Waals surface area contributed by atoms with E-state index in [1.807, 2.05) is 19.0 Å². The Hall–Kier alpha value is -1.18. The van der Waals surface area contributed by atoms with Gasteiger partial charge in [0.1, 0.15) is 6.10 Å². The van der Waals surface area contributed by atoms with Gasteiger partial charge in [-0.15, -0.1) is 0 Å². The Labute approximate surface area is 126 Å². The molecule has 0 radical (unpaired) electrons. The molecule has 1 atom stereocenters. The largest absolute Gasteiger partial charge is 0.396 e. The minimum absolute atomic E-state index is 0.0534. The van der Waals surface area contributed by atoms with Gasteiger partial charge in [0.25, 0.3) is 0 Å². The molecule has 0 aliphatic carbocycles. The molecule has 0 saturated carbocycles. The number of aliphatic hydroxyl groups excluding tert-OH is 2. The quantitative estimate of drug-likeness (QED) is 0.385. The predicted molar refractivity (Wildman–Crippen MR) is 80.7 cm³/mol. The standard InChI is InChI=1S/C14H29N3O4/c1-14(2,10-18)12(20)13(21)16-7-5-6-11(19)15-8-9-17(3)4/h12,18,20H,5-10H2,1-4H3,(H,15,19)(H,16,21)/t12-/m0/s1. The van der Waals surface area contributed by atoms with Crippen LogP contribution in [0.5, 0.6) is 0 Å². The lowest BCUT2D eigenvalue weighted by Crippen LogP contribution is -2.45. The number of nitrogens with zero attached hydrogens (tertiary/aromatic N) is 1. The normalized spacial score (nSPS) is 13.1. The van der Waals surface area contributed by atoms with Crippen molar-refractivity contribution >= 4 is 11.8 Å². The maximum atomic E-state index is 11.7. The van der Waals surface area contributed by atoms with Crippen molar-refractivity contribution in [2.75, 3.05) is 40.3 Å². The number of hydrogen-bond donors (Lipinski definition) is 4. The van der Waals surface area contributed by atoms with E-state index in [4.69, 9.17) is 5.11 Å². The second-order valence-corrected chi connectivity index (χ2v) is 6.10. The van der Waals surface area contributed by atoms with Gasteiger partial charge in [-0.2, -0.15) is 0 Å². The second kappa shape index (κ2) is 9.70. The predicted octanol–water partition coefficient (Wildman–Crippen LogP) is -1.06. The molecule has 7 heteroatoms. The van der Waals surface area contributed by atoms with E-state index in [-0.39, 0.29) is 12.5 Å². The van der Waals surface area contributed by atoms with Crippen LogP contribution in [0, 0.1) is 5.41 Å². The molecule has 0 fully saturated rings. The van der Waals surface area contributed by atoms with Crippen LogP contribution in [0.25, 0.3) is 0 Å². The summed E-state index contributed by atoms with van der Waals surface area (Å²) in [6.45, 7) is 4.63. The summed E-state index contributed by atoms with van der Waals surface area (Å²) in [6, 6.07) is 0. The molecule has 0 rings (SSSR count). The average molecular weight is 303 g/mol. The SMILES string of the molecule is CN(C)CCNC(=O)CCCNC(=O)[C@H](O)C(C)(C)CO. The molecular weight excluding hydrogens is 274 g/mol. The first-order chi connectivity index (χ1) is 9.70. The molecule has 0 aromatic carbocycles. The van der Waals surface area contributed by atoms with Crippen molar-refractivity contribution in [3.05, 3.63) is 0 Å². The average Bonchev–Trinajstić information content (AvgIpc) is 2.42. The summed E-state index contributed by atoms with van der Waals surface area (Å²) in [4.78, 5) is 25.1. The van der Waals surface area contributed by atoms with E-state index in [0.29, 0.717) is 25.9 Å². The number of aliphatic hydroxyl groups is 2. The van der Waals surface area contributed by atoms with E-state index < -0.39 is 17.4 Å². The highest BCUT2D eigenvalue weighted by molar-refractivity contribution is 5.81. The van der Waals surface area contributed by atoms with Crippen LogP contribution in [0.4, 0.5) is 0 Å². The third-order valence-corrected chi connectivity index (χ3v) is 3.16. The van der Waals surface area contributed by atoms with E-state index in [0.717, 1.165) is 6.54 Å². The summed E-state index contributed by atoms with van der Waals surface area (Å²) >= 11 is 0. The number of carbonyl (C=O) groups excluding carboxylic acids is 2. The lowest BCUT2D eigenvalue weighted by atomic mass is 9.87. The zero-order valence-electron chi connectivity index (χ0n) is 13.5. The number of nitrogens with one attached hydrogen (secondary N) is 2. The number of hydrogen-bond acceptors (Lipinski definition) is 5. The molecule has 124 valence electrons. The zero-order valence-corrected chi connectivity index (χ0v) is 13.5. The van der Waals surface area contributed by atoms with Crippen molar-refractivity contribution in [2.45, 2.75) is 32.8 Å². The van der Waals surface area contributed by atoms with Crippen LogP contribution in [-0.4, -0.2) is 73.4 Å². The van der Waals surface area contributed by atoms with E-state index in [2.05, 4.69) is 10.6 Å². The van der Waals surface area contributed by atoms with Crippen LogP contribution in [0.2, 0.25) is 0 Å². The van der Waals surface area contributed by atoms with Gasteiger partial charge in [-0.05, 0) is 20.5 Å². The highest BCUT2D eigenvalue weighted by atomic mass is 16.3. The molecule has 0 unspecified atom stereocenters. The molecule has 0 heterocycles. The minimum atomic E-state index is -1.27. The van der Waals surface area contributed by atoms with Crippen molar-refractivity contribution in [2.24, 2.45) is 5.41 Å². The molecule has 2 amide bonds. The van der Waals surface area contributed by atoms with E-state index in [1.54, 1.807) is 13.8 Å². The summed E-state index contributed by atoms with van der Waals surface area (Å²) in [7, 11) is 3.86. The van der Waals surface area contributed by atoms with Crippen LogP contribution in [-0.2, 0) is 9.59 Å². The van der Waals surface area contributed by atoms with Crippen LogP contribution >= 0.6 is 0 Å². The van der Waals surface area contributed by atoms with E-state index in [1.165, 1.54) is 0 Å². The van der Waals surface area contributed by atoms with Crippen molar-refractivity contribution in [1.82, 2.24) is 15.5 Å². The van der Waals surface area contributed by atoms with Gasteiger partial charge in [-0.1, -0.05) is 13.8 Å². The molecule has 7 nitrogen and oxygen atoms in total. The molecule has 0 aromatic rings. The van der Waals surface area contributed by atoms with Crippen molar-refractivity contribution in [1.29, 1.82) is 0 Å². The summed E-state index contributed by atoms with van der Waals surface area (Å²) in [5.41, 5.74) is -0.881. The Morgan fingerprint density at radius 2 is 1.81 bits per heavy atom.